The Morgan fingerprint density at radius 1 is 0.531 bits per heavy atom. The maximum Gasteiger partial charge on any atom is 0.219 e. The Balaban J connectivity index is 3.10. The number of nitrogens with one attached hydrogen (secondary N) is 1. The lowest BCUT2D eigenvalue weighted by atomic mass is 10.0. The van der Waals surface area contributed by atoms with Crippen molar-refractivity contribution in [2.75, 3.05) is 20.3 Å². The van der Waals surface area contributed by atoms with E-state index in [9.17, 15) is 4.79 Å². The van der Waals surface area contributed by atoms with Crippen molar-refractivity contribution < 1.29 is 9.53 Å². The van der Waals surface area contributed by atoms with Crippen LogP contribution in [0.1, 0.15) is 161 Å². The van der Waals surface area contributed by atoms with Gasteiger partial charge < -0.3 is 10.1 Å². The summed E-state index contributed by atoms with van der Waals surface area (Å²) in [6, 6.07) is 0. The molecule has 3 nitrogen and oxygen atoms in total. The van der Waals surface area contributed by atoms with Crippen molar-refractivity contribution >= 4 is 5.91 Å². The SMILES string of the molecule is CCCCCCCCCCCCCCCCCCCCCC(=O)NCCCCCCOC. The standard InChI is InChI=1S/C29H59NO2/c1-3-4-5-6-7-8-9-10-11-12-13-14-15-16-17-18-19-20-23-26-29(31)30-27-24-21-22-25-28-32-2/h3-28H2,1-2H3,(H,30,31). The number of carbonyl (C=O) groups is 1. The van der Waals surface area contributed by atoms with Crippen LogP contribution in [0.2, 0.25) is 0 Å². The fourth-order valence-electron chi connectivity index (χ4n) is 4.41. The molecule has 0 aliphatic heterocycles. The van der Waals surface area contributed by atoms with Gasteiger partial charge in [0.25, 0.3) is 0 Å². The zero-order valence-electron chi connectivity index (χ0n) is 22.2. The number of ether oxygens (including phenoxy) is 1. The first-order valence-corrected chi connectivity index (χ1v) is 14.6. The molecule has 0 aromatic heterocycles. The quantitative estimate of drug-likeness (QED) is 0.126. The van der Waals surface area contributed by atoms with Gasteiger partial charge in [0.15, 0.2) is 0 Å². The highest BCUT2D eigenvalue weighted by atomic mass is 16.5. The van der Waals surface area contributed by atoms with E-state index < -0.39 is 0 Å². The highest BCUT2D eigenvalue weighted by molar-refractivity contribution is 5.75. The number of amides is 1. The Bertz CT molecular complexity index is 359. The lowest BCUT2D eigenvalue weighted by Gasteiger charge is -2.06. The molecule has 0 radical (unpaired) electrons. The summed E-state index contributed by atoms with van der Waals surface area (Å²) in [4.78, 5) is 11.8. The van der Waals surface area contributed by atoms with E-state index in [1.807, 2.05) is 0 Å². The van der Waals surface area contributed by atoms with Gasteiger partial charge in [0, 0.05) is 26.7 Å². The summed E-state index contributed by atoms with van der Waals surface area (Å²) >= 11 is 0. The first-order chi connectivity index (χ1) is 15.8. The molecule has 0 rings (SSSR count). The molecular formula is C29H59NO2. The Labute approximate surface area is 202 Å². The third-order valence-corrected chi connectivity index (χ3v) is 6.60. The van der Waals surface area contributed by atoms with Crippen molar-refractivity contribution in [2.45, 2.75) is 161 Å². The number of unbranched alkanes of at least 4 members (excludes halogenated alkanes) is 21. The van der Waals surface area contributed by atoms with Crippen LogP contribution in [0, 0.1) is 0 Å². The number of methoxy groups -OCH3 is 1. The molecule has 32 heavy (non-hydrogen) atoms. The molecular weight excluding hydrogens is 394 g/mol. The van der Waals surface area contributed by atoms with Crippen LogP contribution in [0.15, 0.2) is 0 Å². The number of hydrogen-bond donors (Lipinski definition) is 1. The first kappa shape index (κ1) is 31.4. The molecule has 0 bridgehead atoms. The summed E-state index contributed by atoms with van der Waals surface area (Å²) in [7, 11) is 1.75. The second-order valence-corrected chi connectivity index (χ2v) is 9.87. The van der Waals surface area contributed by atoms with E-state index in [0.717, 1.165) is 32.4 Å². The summed E-state index contributed by atoms with van der Waals surface area (Å²) in [5, 5.41) is 3.06. The highest BCUT2D eigenvalue weighted by Gasteiger charge is 2.01. The third kappa shape index (κ3) is 27.5. The molecule has 1 amide bonds. The fraction of sp³-hybridized carbons (Fsp3) is 0.966. The molecule has 1 N–H and O–H groups in total. The molecule has 0 saturated heterocycles. The summed E-state index contributed by atoms with van der Waals surface area (Å²) < 4.78 is 5.05. The smallest absolute Gasteiger partial charge is 0.219 e. The Hall–Kier alpha value is -0.570. The van der Waals surface area contributed by atoms with Gasteiger partial charge in [0.2, 0.25) is 5.91 Å². The minimum atomic E-state index is 0.244. The van der Waals surface area contributed by atoms with Gasteiger partial charge in [-0.15, -0.1) is 0 Å². The second kappa shape index (κ2) is 28.5. The zero-order chi connectivity index (χ0) is 23.4. The molecule has 0 atom stereocenters. The topological polar surface area (TPSA) is 38.3 Å². The van der Waals surface area contributed by atoms with Gasteiger partial charge in [-0.2, -0.15) is 0 Å². The van der Waals surface area contributed by atoms with Crippen LogP contribution < -0.4 is 5.32 Å². The average molecular weight is 454 g/mol. The summed E-state index contributed by atoms with van der Waals surface area (Å²) in [6.45, 7) is 3.98. The summed E-state index contributed by atoms with van der Waals surface area (Å²) in [5.74, 6) is 0.244. The maximum absolute atomic E-state index is 11.8. The van der Waals surface area contributed by atoms with Crippen molar-refractivity contribution in [2.24, 2.45) is 0 Å². The van der Waals surface area contributed by atoms with E-state index in [1.54, 1.807) is 7.11 Å². The molecule has 0 aliphatic rings. The summed E-state index contributed by atoms with van der Waals surface area (Å²) in [6.07, 6.45) is 31.8. The van der Waals surface area contributed by atoms with Gasteiger partial charge in [0.05, 0.1) is 0 Å². The average Bonchev–Trinajstić information content (AvgIpc) is 2.80. The van der Waals surface area contributed by atoms with Gasteiger partial charge in [-0.25, -0.2) is 0 Å². The number of carbonyl (C=O) groups excluding carboxylic acids is 1. The third-order valence-electron chi connectivity index (χ3n) is 6.60. The van der Waals surface area contributed by atoms with Crippen LogP contribution in [-0.2, 0) is 9.53 Å². The molecule has 192 valence electrons. The number of hydrogen-bond acceptors (Lipinski definition) is 2. The van der Waals surface area contributed by atoms with Crippen molar-refractivity contribution in [1.82, 2.24) is 5.32 Å². The lowest BCUT2D eigenvalue weighted by Crippen LogP contribution is -2.23. The molecule has 0 fully saturated rings. The van der Waals surface area contributed by atoms with E-state index >= 15 is 0 Å². The van der Waals surface area contributed by atoms with E-state index in [1.165, 1.54) is 128 Å². The number of rotatable bonds is 27. The first-order valence-electron chi connectivity index (χ1n) is 14.6. The fourth-order valence-corrected chi connectivity index (χ4v) is 4.41. The Morgan fingerprint density at radius 3 is 1.34 bits per heavy atom. The van der Waals surface area contributed by atoms with Crippen molar-refractivity contribution in [3.63, 3.8) is 0 Å². The second-order valence-electron chi connectivity index (χ2n) is 9.87. The van der Waals surface area contributed by atoms with Gasteiger partial charge in [-0.1, -0.05) is 135 Å². The molecule has 0 heterocycles. The molecule has 0 aromatic rings. The monoisotopic (exact) mass is 453 g/mol. The van der Waals surface area contributed by atoms with Gasteiger partial charge in [-0.3, -0.25) is 4.79 Å². The molecule has 0 aromatic carbocycles. The highest BCUT2D eigenvalue weighted by Crippen LogP contribution is 2.14. The van der Waals surface area contributed by atoms with E-state index in [4.69, 9.17) is 4.74 Å². The Morgan fingerprint density at radius 2 is 0.906 bits per heavy atom. The minimum Gasteiger partial charge on any atom is -0.385 e. The van der Waals surface area contributed by atoms with Crippen LogP contribution >= 0.6 is 0 Å². The molecule has 0 spiro atoms. The van der Waals surface area contributed by atoms with Crippen molar-refractivity contribution in [3.05, 3.63) is 0 Å². The predicted octanol–water partition coefficient (Wildman–Crippen LogP) is 9.13. The Kier molecular flexibility index (Phi) is 28.0. The van der Waals surface area contributed by atoms with Gasteiger partial charge in [-0.05, 0) is 19.3 Å². The van der Waals surface area contributed by atoms with E-state index in [2.05, 4.69) is 12.2 Å². The van der Waals surface area contributed by atoms with Crippen LogP contribution in [0.25, 0.3) is 0 Å². The van der Waals surface area contributed by atoms with Crippen LogP contribution in [0.3, 0.4) is 0 Å². The molecule has 3 heteroatoms. The zero-order valence-corrected chi connectivity index (χ0v) is 22.2. The summed E-state index contributed by atoms with van der Waals surface area (Å²) in [5.41, 5.74) is 0. The normalized spacial score (nSPS) is 11.2. The van der Waals surface area contributed by atoms with Gasteiger partial charge in [0.1, 0.15) is 0 Å². The van der Waals surface area contributed by atoms with Crippen molar-refractivity contribution in [1.29, 1.82) is 0 Å². The predicted molar refractivity (Wildman–Crippen MR) is 141 cm³/mol. The maximum atomic E-state index is 11.8. The van der Waals surface area contributed by atoms with Crippen LogP contribution in [-0.4, -0.2) is 26.2 Å². The van der Waals surface area contributed by atoms with Crippen LogP contribution in [0.5, 0.6) is 0 Å². The largest absolute Gasteiger partial charge is 0.385 e. The van der Waals surface area contributed by atoms with E-state index in [-0.39, 0.29) is 5.91 Å². The van der Waals surface area contributed by atoms with E-state index in [0.29, 0.717) is 6.42 Å². The molecule has 0 aliphatic carbocycles. The minimum absolute atomic E-state index is 0.244. The van der Waals surface area contributed by atoms with Crippen molar-refractivity contribution in [3.8, 4) is 0 Å². The van der Waals surface area contributed by atoms with Gasteiger partial charge >= 0.3 is 0 Å². The van der Waals surface area contributed by atoms with Crippen LogP contribution in [0.4, 0.5) is 0 Å². The lowest BCUT2D eigenvalue weighted by molar-refractivity contribution is -0.121. The molecule has 0 unspecified atom stereocenters. The molecule has 0 saturated carbocycles.